The number of thiocarbonyl (C=S) groups is 1. The molecule has 4 nitrogen and oxygen atoms in total. The number of hydrogen-bond acceptors (Lipinski definition) is 3. The first-order valence-electron chi connectivity index (χ1n) is 6.10. The van der Waals surface area contributed by atoms with Gasteiger partial charge in [-0.3, -0.25) is 10.4 Å². The van der Waals surface area contributed by atoms with E-state index in [0.717, 1.165) is 12.1 Å². The number of halogens is 3. The smallest absolute Gasteiger partial charge is 0.375 e. The van der Waals surface area contributed by atoms with Crippen molar-refractivity contribution in [2.45, 2.75) is 6.18 Å². The molecule has 8 heteroatoms. The lowest BCUT2D eigenvalue weighted by Gasteiger charge is -2.09. The second-order valence-electron chi connectivity index (χ2n) is 4.23. The summed E-state index contributed by atoms with van der Waals surface area (Å²) in [6, 6.07) is 9.73. The van der Waals surface area contributed by atoms with Gasteiger partial charge in [-0.05, 0) is 36.5 Å². The van der Waals surface area contributed by atoms with Crippen LogP contribution in [-0.4, -0.2) is 15.8 Å². The van der Waals surface area contributed by atoms with Crippen LogP contribution in [0.25, 0.3) is 0 Å². The molecule has 2 rings (SSSR count). The molecule has 22 heavy (non-hydrogen) atoms. The number of hydrogen-bond donors (Lipinski definition) is 2. The maximum atomic E-state index is 12.6. The fourth-order valence-corrected chi connectivity index (χ4v) is 1.75. The fraction of sp³-hybridized carbons (Fsp3) is 0.0714. The minimum atomic E-state index is -4.39. The molecule has 0 atom stereocenters. The fourth-order valence-electron chi connectivity index (χ4n) is 1.70. The largest absolute Gasteiger partial charge is 0.416 e. The number of nitrogens with zero attached hydrogens (tertiary/aromatic N) is 2. The van der Waals surface area contributed by atoms with Crippen molar-refractivity contribution in [1.82, 2.24) is 10.4 Å². The molecule has 0 saturated carbocycles. The summed E-state index contributed by atoms with van der Waals surface area (Å²) in [7, 11) is 0. The number of rotatable bonds is 3. The number of pyridine rings is 1. The molecule has 0 amide bonds. The van der Waals surface area contributed by atoms with E-state index in [1.807, 2.05) is 0 Å². The number of aromatic nitrogens is 1. The Morgan fingerprint density at radius 3 is 2.32 bits per heavy atom. The average molecular weight is 324 g/mol. The Bertz CT molecular complexity index is 681. The van der Waals surface area contributed by atoms with Crippen molar-refractivity contribution < 1.29 is 13.2 Å². The molecule has 0 radical (unpaired) electrons. The van der Waals surface area contributed by atoms with E-state index in [1.165, 1.54) is 12.1 Å². The van der Waals surface area contributed by atoms with Crippen LogP contribution in [-0.2, 0) is 6.18 Å². The molecular formula is C14H11F3N4S. The van der Waals surface area contributed by atoms with Crippen molar-refractivity contribution in [3.63, 3.8) is 0 Å². The molecule has 1 aromatic carbocycles. The Morgan fingerprint density at radius 2 is 1.82 bits per heavy atom. The first-order valence-corrected chi connectivity index (χ1v) is 6.51. The normalized spacial score (nSPS) is 12.0. The second-order valence-corrected chi connectivity index (χ2v) is 4.67. The molecule has 0 unspecified atom stereocenters. The summed E-state index contributed by atoms with van der Waals surface area (Å²) in [6.07, 6.45) is -2.84. The Labute approximate surface area is 129 Å². The highest BCUT2D eigenvalue weighted by Gasteiger charge is 2.30. The van der Waals surface area contributed by atoms with Gasteiger partial charge in [0, 0.05) is 11.8 Å². The van der Waals surface area contributed by atoms with Crippen LogP contribution < -0.4 is 11.2 Å². The average Bonchev–Trinajstić information content (AvgIpc) is 2.48. The Hall–Kier alpha value is -2.48. The highest BCUT2D eigenvalue weighted by Crippen LogP contribution is 2.29. The van der Waals surface area contributed by atoms with Gasteiger partial charge in [0.05, 0.1) is 11.3 Å². The van der Waals surface area contributed by atoms with Crippen LogP contribution in [0.2, 0.25) is 0 Å². The van der Waals surface area contributed by atoms with E-state index in [0.29, 0.717) is 17.0 Å². The van der Waals surface area contributed by atoms with Gasteiger partial charge in [0.2, 0.25) is 0 Å². The Kier molecular flexibility index (Phi) is 4.71. The predicted octanol–water partition coefficient (Wildman–Crippen LogP) is 2.69. The molecule has 2 aromatic rings. The molecule has 114 valence electrons. The molecule has 0 aliphatic carbocycles. The van der Waals surface area contributed by atoms with Crippen LogP contribution in [0.15, 0.2) is 53.8 Å². The number of alkyl halides is 3. The molecule has 0 bridgehead atoms. The van der Waals surface area contributed by atoms with Crippen molar-refractivity contribution in [1.29, 1.82) is 0 Å². The number of nitrogens with two attached hydrogens (primary N) is 1. The van der Waals surface area contributed by atoms with Crippen molar-refractivity contribution >= 4 is 23.0 Å². The Morgan fingerprint density at radius 1 is 1.14 bits per heavy atom. The van der Waals surface area contributed by atoms with E-state index >= 15 is 0 Å². The van der Waals surface area contributed by atoms with Crippen LogP contribution in [0.5, 0.6) is 0 Å². The van der Waals surface area contributed by atoms with Crippen molar-refractivity contribution in [2.24, 2.45) is 10.8 Å². The minimum Gasteiger partial charge on any atom is -0.375 e. The van der Waals surface area contributed by atoms with E-state index in [1.54, 1.807) is 24.4 Å². The maximum Gasteiger partial charge on any atom is 0.416 e. The third-order valence-electron chi connectivity index (χ3n) is 2.67. The van der Waals surface area contributed by atoms with E-state index in [9.17, 15) is 13.2 Å². The van der Waals surface area contributed by atoms with Gasteiger partial charge in [0.15, 0.2) is 5.11 Å². The summed E-state index contributed by atoms with van der Waals surface area (Å²) < 4.78 is 37.8. The predicted molar refractivity (Wildman–Crippen MR) is 81.2 cm³/mol. The highest BCUT2D eigenvalue weighted by atomic mass is 32.1. The summed E-state index contributed by atoms with van der Waals surface area (Å²) in [5.74, 6) is 0. The second kappa shape index (κ2) is 6.52. The summed E-state index contributed by atoms with van der Waals surface area (Å²) in [6.45, 7) is 0. The van der Waals surface area contributed by atoms with Gasteiger partial charge in [-0.15, -0.1) is 0 Å². The van der Waals surface area contributed by atoms with Crippen LogP contribution in [0.1, 0.15) is 16.8 Å². The van der Waals surface area contributed by atoms with Crippen LogP contribution in [0.4, 0.5) is 13.2 Å². The Balaban J connectivity index is 2.42. The lowest BCUT2D eigenvalue weighted by Crippen LogP contribution is -2.26. The zero-order chi connectivity index (χ0) is 16.2. The molecule has 0 saturated heterocycles. The lowest BCUT2D eigenvalue weighted by atomic mass is 10.0. The number of nitrogens with one attached hydrogen (secondary N) is 1. The zero-order valence-corrected chi connectivity index (χ0v) is 11.9. The van der Waals surface area contributed by atoms with Gasteiger partial charge in [-0.2, -0.15) is 18.3 Å². The molecule has 1 heterocycles. The van der Waals surface area contributed by atoms with E-state index in [2.05, 4.69) is 27.7 Å². The van der Waals surface area contributed by atoms with E-state index in [-0.39, 0.29) is 5.11 Å². The van der Waals surface area contributed by atoms with Gasteiger partial charge < -0.3 is 5.73 Å². The first-order chi connectivity index (χ1) is 10.4. The van der Waals surface area contributed by atoms with Gasteiger partial charge in [0.1, 0.15) is 5.71 Å². The van der Waals surface area contributed by atoms with Crippen LogP contribution in [0.3, 0.4) is 0 Å². The summed E-state index contributed by atoms with van der Waals surface area (Å²) in [4.78, 5) is 4.13. The van der Waals surface area contributed by atoms with E-state index < -0.39 is 11.7 Å². The molecular weight excluding hydrogens is 313 g/mol. The molecule has 0 aliphatic rings. The van der Waals surface area contributed by atoms with Gasteiger partial charge in [-0.1, -0.05) is 18.2 Å². The summed E-state index contributed by atoms with van der Waals surface area (Å²) in [5.41, 5.74) is 8.27. The molecule has 3 N–H and O–H groups in total. The maximum absolute atomic E-state index is 12.6. The SMILES string of the molecule is NC(=S)N/N=C(\c1ccc(C(F)(F)F)cc1)c1ccccn1. The first kappa shape index (κ1) is 15.9. The van der Waals surface area contributed by atoms with Crippen molar-refractivity contribution in [3.05, 3.63) is 65.5 Å². The summed E-state index contributed by atoms with van der Waals surface area (Å²) in [5, 5.41) is 3.96. The summed E-state index contributed by atoms with van der Waals surface area (Å²) >= 11 is 4.67. The number of hydrazone groups is 1. The third-order valence-corrected chi connectivity index (χ3v) is 2.76. The third kappa shape index (κ3) is 4.01. The molecule has 0 spiro atoms. The van der Waals surface area contributed by atoms with Gasteiger partial charge in [0.25, 0.3) is 0 Å². The topological polar surface area (TPSA) is 63.3 Å². The van der Waals surface area contributed by atoms with Gasteiger partial charge in [-0.25, -0.2) is 0 Å². The molecule has 0 fully saturated rings. The van der Waals surface area contributed by atoms with Crippen LogP contribution >= 0.6 is 12.2 Å². The quantitative estimate of drug-likeness (QED) is 0.518. The lowest BCUT2D eigenvalue weighted by molar-refractivity contribution is -0.137. The van der Waals surface area contributed by atoms with Gasteiger partial charge >= 0.3 is 6.18 Å². The molecule has 1 aromatic heterocycles. The molecule has 0 aliphatic heterocycles. The van der Waals surface area contributed by atoms with E-state index in [4.69, 9.17) is 5.73 Å². The highest BCUT2D eigenvalue weighted by molar-refractivity contribution is 7.80. The van der Waals surface area contributed by atoms with Crippen molar-refractivity contribution in [3.8, 4) is 0 Å². The monoisotopic (exact) mass is 324 g/mol. The zero-order valence-electron chi connectivity index (χ0n) is 11.1. The minimum absolute atomic E-state index is 0.0552. The standard InChI is InChI=1S/C14H11F3N4S/c15-14(16,17)10-6-4-9(5-7-10)12(20-21-13(18)22)11-3-1-2-8-19-11/h1-8H,(H3,18,21,22)/b20-12+. The van der Waals surface area contributed by atoms with Crippen LogP contribution in [0, 0.1) is 0 Å². The number of benzene rings is 1. The van der Waals surface area contributed by atoms with Crippen molar-refractivity contribution in [2.75, 3.05) is 0 Å².